The number of likely N-dealkylation sites (tertiary alicyclic amines) is 1. The molecule has 7 heteroatoms. The average molecular weight is 344 g/mol. The third-order valence-corrected chi connectivity index (χ3v) is 4.43. The van der Waals surface area contributed by atoms with Crippen molar-refractivity contribution in [1.82, 2.24) is 19.9 Å². The maximum absolute atomic E-state index is 13.0. The Labute approximate surface area is 145 Å². The van der Waals surface area contributed by atoms with Gasteiger partial charge in [0.2, 0.25) is 5.91 Å². The summed E-state index contributed by atoms with van der Waals surface area (Å²) in [5.41, 5.74) is 0.541. The summed E-state index contributed by atoms with van der Waals surface area (Å²) in [5, 5.41) is 18.4. The number of amides is 1. The lowest BCUT2D eigenvalue weighted by Crippen LogP contribution is -2.52. The molecule has 0 radical (unpaired) electrons. The average Bonchev–Trinajstić information content (AvgIpc) is 3.07. The van der Waals surface area contributed by atoms with E-state index in [-0.39, 0.29) is 18.3 Å². The SMILES string of the molecule is C/C(=C\C(=O)N1CCCC(O)(Cn2ccnn2)C1)c1ccc(F)cc1. The highest BCUT2D eigenvalue weighted by Gasteiger charge is 2.35. The third-order valence-electron chi connectivity index (χ3n) is 4.43. The Morgan fingerprint density at radius 1 is 1.40 bits per heavy atom. The molecule has 1 saturated heterocycles. The Balaban J connectivity index is 1.69. The lowest BCUT2D eigenvalue weighted by molar-refractivity contribution is -0.134. The first kappa shape index (κ1) is 17.3. The first-order chi connectivity index (χ1) is 12.0. The summed E-state index contributed by atoms with van der Waals surface area (Å²) in [4.78, 5) is 14.2. The number of allylic oxidation sites excluding steroid dienone is 1. The molecule has 1 aliphatic rings. The van der Waals surface area contributed by atoms with Crippen molar-refractivity contribution < 1.29 is 14.3 Å². The van der Waals surface area contributed by atoms with Crippen molar-refractivity contribution in [3.8, 4) is 0 Å². The van der Waals surface area contributed by atoms with Gasteiger partial charge in [0.15, 0.2) is 0 Å². The van der Waals surface area contributed by atoms with Crippen molar-refractivity contribution >= 4 is 11.5 Å². The minimum Gasteiger partial charge on any atom is -0.386 e. The molecule has 6 nitrogen and oxygen atoms in total. The quantitative estimate of drug-likeness (QED) is 0.860. The molecule has 25 heavy (non-hydrogen) atoms. The number of nitrogens with zero attached hydrogens (tertiary/aromatic N) is 4. The zero-order valence-electron chi connectivity index (χ0n) is 14.1. The van der Waals surface area contributed by atoms with Gasteiger partial charge in [0.1, 0.15) is 11.4 Å². The van der Waals surface area contributed by atoms with Crippen molar-refractivity contribution in [2.45, 2.75) is 31.9 Å². The summed E-state index contributed by atoms with van der Waals surface area (Å²) in [6.07, 6.45) is 6.12. The van der Waals surface area contributed by atoms with Crippen LogP contribution >= 0.6 is 0 Å². The van der Waals surface area contributed by atoms with E-state index in [2.05, 4.69) is 10.3 Å². The molecule has 2 heterocycles. The van der Waals surface area contributed by atoms with Crippen LogP contribution in [0.4, 0.5) is 4.39 Å². The molecule has 0 spiro atoms. The fraction of sp³-hybridized carbons (Fsp3) is 0.389. The van der Waals surface area contributed by atoms with E-state index in [9.17, 15) is 14.3 Å². The number of halogens is 1. The number of carbonyl (C=O) groups is 1. The van der Waals surface area contributed by atoms with Crippen molar-refractivity contribution in [2.24, 2.45) is 0 Å². The predicted octanol–water partition coefficient (Wildman–Crippen LogP) is 1.87. The topological polar surface area (TPSA) is 71.2 Å². The molecular formula is C18H21FN4O2. The van der Waals surface area contributed by atoms with Crippen LogP contribution in [-0.4, -0.2) is 49.6 Å². The van der Waals surface area contributed by atoms with Crippen LogP contribution in [0.25, 0.3) is 5.57 Å². The molecular weight excluding hydrogens is 323 g/mol. The van der Waals surface area contributed by atoms with E-state index in [1.54, 1.807) is 34.1 Å². The second kappa shape index (κ2) is 7.14. The highest BCUT2D eigenvalue weighted by Crippen LogP contribution is 2.24. The Morgan fingerprint density at radius 2 is 2.16 bits per heavy atom. The second-order valence-corrected chi connectivity index (χ2v) is 6.52. The number of piperidine rings is 1. The number of hydrogen-bond acceptors (Lipinski definition) is 4. The molecule has 132 valence electrons. The number of β-amino-alcohol motifs (C(OH)–C–C–N with tert-alkyl or cyclic N) is 1. The lowest BCUT2D eigenvalue weighted by Gasteiger charge is -2.38. The van der Waals surface area contributed by atoms with Crippen LogP contribution in [0.3, 0.4) is 0 Å². The van der Waals surface area contributed by atoms with Crippen LogP contribution in [0.2, 0.25) is 0 Å². The summed E-state index contributed by atoms with van der Waals surface area (Å²) in [5.74, 6) is -0.462. The van der Waals surface area contributed by atoms with Crippen molar-refractivity contribution in [3.63, 3.8) is 0 Å². The Kier molecular flexibility index (Phi) is 4.94. The van der Waals surface area contributed by atoms with E-state index in [0.29, 0.717) is 19.5 Å². The second-order valence-electron chi connectivity index (χ2n) is 6.52. The van der Waals surface area contributed by atoms with Gasteiger partial charge >= 0.3 is 0 Å². The number of benzene rings is 1. The lowest BCUT2D eigenvalue weighted by atomic mass is 9.92. The van der Waals surface area contributed by atoms with E-state index in [0.717, 1.165) is 17.6 Å². The predicted molar refractivity (Wildman–Crippen MR) is 90.8 cm³/mol. The van der Waals surface area contributed by atoms with Gasteiger partial charge in [0.05, 0.1) is 19.3 Å². The van der Waals surface area contributed by atoms with Gasteiger partial charge in [-0.25, -0.2) is 9.07 Å². The Bertz CT molecular complexity index is 758. The molecule has 1 atom stereocenters. The number of carbonyl (C=O) groups excluding carboxylic acids is 1. The van der Waals surface area contributed by atoms with Crippen LogP contribution in [0.1, 0.15) is 25.3 Å². The number of hydrogen-bond donors (Lipinski definition) is 1. The Morgan fingerprint density at radius 3 is 2.84 bits per heavy atom. The summed E-state index contributed by atoms with van der Waals surface area (Å²) in [6.45, 7) is 2.97. The van der Waals surface area contributed by atoms with Gasteiger partial charge in [-0.05, 0) is 43.0 Å². The molecule has 1 fully saturated rings. The van der Waals surface area contributed by atoms with Crippen LogP contribution in [0, 0.1) is 5.82 Å². The van der Waals surface area contributed by atoms with Crippen molar-refractivity contribution in [1.29, 1.82) is 0 Å². The van der Waals surface area contributed by atoms with Crippen LogP contribution in [0.5, 0.6) is 0 Å². The summed E-state index contributed by atoms with van der Waals surface area (Å²) in [6, 6.07) is 6.03. The maximum Gasteiger partial charge on any atom is 0.246 e. The van der Waals surface area contributed by atoms with Crippen LogP contribution < -0.4 is 0 Å². The summed E-state index contributed by atoms with van der Waals surface area (Å²) < 4.78 is 14.6. The molecule has 2 aromatic rings. The highest BCUT2D eigenvalue weighted by atomic mass is 19.1. The summed E-state index contributed by atoms with van der Waals surface area (Å²) in [7, 11) is 0. The summed E-state index contributed by atoms with van der Waals surface area (Å²) >= 11 is 0. The van der Waals surface area contributed by atoms with Crippen molar-refractivity contribution in [3.05, 3.63) is 54.1 Å². The normalized spacial score (nSPS) is 21.4. The van der Waals surface area contributed by atoms with Gasteiger partial charge in [-0.3, -0.25) is 4.79 Å². The number of rotatable bonds is 4. The van der Waals surface area contributed by atoms with Gasteiger partial charge in [0.25, 0.3) is 0 Å². The molecule has 1 aromatic carbocycles. The van der Waals surface area contributed by atoms with E-state index in [1.807, 2.05) is 6.92 Å². The van der Waals surface area contributed by atoms with Gasteiger partial charge in [-0.15, -0.1) is 5.10 Å². The maximum atomic E-state index is 13.0. The van der Waals surface area contributed by atoms with Gasteiger partial charge in [-0.2, -0.15) is 0 Å². The first-order valence-corrected chi connectivity index (χ1v) is 8.25. The number of aliphatic hydroxyl groups is 1. The van der Waals surface area contributed by atoms with E-state index in [4.69, 9.17) is 0 Å². The molecule has 1 amide bonds. The minimum atomic E-state index is -1.01. The molecule has 0 saturated carbocycles. The van der Waals surface area contributed by atoms with Gasteiger partial charge in [0, 0.05) is 18.8 Å². The molecule has 0 aliphatic carbocycles. The van der Waals surface area contributed by atoms with Gasteiger partial charge in [-0.1, -0.05) is 17.3 Å². The van der Waals surface area contributed by atoms with E-state index < -0.39 is 5.60 Å². The highest BCUT2D eigenvalue weighted by molar-refractivity contribution is 5.95. The third kappa shape index (κ3) is 4.30. The molecule has 3 rings (SSSR count). The minimum absolute atomic E-state index is 0.154. The van der Waals surface area contributed by atoms with Gasteiger partial charge < -0.3 is 10.0 Å². The fourth-order valence-electron chi connectivity index (χ4n) is 3.12. The van der Waals surface area contributed by atoms with E-state index >= 15 is 0 Å². The Hall–Kier alpha value is -2.54. The first-order valence-electron chi connectivity index (χ1n) is 8.25. The van der Waals surface area contributed by atoms with E-state index in [1.165, 1.54) is 18.2 Å². The standard InChI is InChI=1S/C18H21FN4O2/c1-14(15-3-5-16(19)6-4-15)11-17(24)22-9-2-7-18(25,12-22)13-23-10-8-20-21-23/h3-6,8,10-11,25H,2,7,9,12-13H2,1H3/b14-11+. The molecule has 0 bridgehead atoms. The zero-order valence-corrected chi connectivity index (χ0v) is 14.1. The zero-order chi connectivity index (χ0) is 17.9. The molecule has 1 unspecified atom stereocenters. The smallest absolute Gasteiger partial charge is 0.246 e. The number of aromatic nitrogens is 3. The largest absolute Gasteiger partial charge is 0.386 e. The van der Waals surface area contributed by atoms with Crippen LogP contribution in [0.15, 0.2) is 42.7 Å². The molecule has 1 N–H and O–H groups in total. The molecule has 1 aliphatic heterocycles. The fourth-order valence-corrected chi connectivity index (χ4v) is 3.12. The van der Waals surface area contributed by atoms with Crippen molar-refractivity contribution in [2.75, 3.05) is 13.1 Å². The van der Waals surface area contributed by atoms with Crippen LogP contribution in [-0.2, 0) is 11.3 Å². The monoisotopic (exact) mass is 344 g/mol. The molecule has 1 aromatic heterocycles.